The first-order valence-electron chi connectivity index (χ1n) is 7.20. The maximum absolute atomic E-state index is 10.3. The lowest BCUT2D eigenvalue weighted by molar-refractivity contribution is 0.0969. The Morgan fingerprint density at radius 3 is 2.84 bits per heavy atom. The van der Waals surface area contributed by atoms with Gasteiger partial charge in [-0.1, -0.05) is 20.8 Å². The highest BCUT2D eigenvalue weighted by molar-refractivity contribution is 5.33. The van der Waals surface area contributed by atoms with E-state index in [-0.39, 0.29) is 11.5 Å². The Balaban J connectivity index is 2.31. The van der Waals surface area contributed by atoms with E-state index in [4.69, 9.17) is 4.74 Å². The van der Waals surface area contributed by atoms with E-state index in [1.807, 2.05) is 0 Å². The summed E-state index contributed by atoms with van der Waals surface area (Å²) >= 11 is 0. The van der Waals surface area contributed by atoms with Crippen molar-refractivity contribution in [1.29, 1.82) is 0 Å². The zero-order chi connectivity index (χ0) is 14.2. The number of methoxy groups -OCH3 is 1. The van der Waals surface area contributed by atoms with Gasteiger partial charge in [0, 0.05) is 30.6 Å². The topological polar surface area (TPSA) is 34.4 Å². The van der Waals surface area contributed by atoms with Crippen molar-refractivity contribution in [3.63, 3.8) is 0 Å². The molecule has 1 aliphatic carbocycles. The second-order valence-corrected chi connectivity index (χ2v) is 6.92. The molecule has 0 fully saturated rings. The van der Waals surface area contributed by atoms with Crippen LogP contribution in [0.3, 0.4) is 0 Å². The summed E-state index contributed by atoms with van der Waals surface area (Å²) in [7, 11) is 1.75. The molecule has 0 aliphatic heterocycles. The molecule has 2 atom stereocenters. The summed E-state index contributed by atoms with van der Waals surface area (Å²) in [5.74, 6) is 0.488. The minimum Gasteiger partial charge on any atom is -0.388 e. The first-order chi connectivity index (χ1) is 8.84. The van der Waals surface area contributed by atoms with Crippen molar-refractivity contribution in [2.45, 2.75) is 53.2 Å². The number of aromatic nitrogens is 1. The van der Waals surface area contributed by atoms with Gasteiger partial charge in [-0.05, 0) is 37.2 Å². The summed E-state index contributed by atoms with van der Waals surface area (Å²) in [4.78, 5) is 0. The Labute approximate surface area is 116 Å². The first kappa shape index (κ1) is 14.6. The van der Waals surface area contributed by atoms with Crippen molar-refractivity contribution in [2.24, 2.45) is 11.3 Å². The Hall–Kier alpha value is -0.800. The molecule has 19 heavy (non-hydrogen) atoms. The summed E-state index contributed by atoms with van der Waals surface area (Å²) in [6.45, 7) is 10.6. The number of aliphatic hydroxyl groups is 1. The number of rotatable bonds is 4. The van der Waals surface area contributed by atoms with Gasteiger partial charge in [-0.3, -0.25) is 0 Å². The lowest BCUT2D eigenvalue weighted by atomic mass is 9.75. The Bertz CT molecular complexity index is 448. The molecule has 0 amide bonds. The van der Waals surface area contributed by atoms with E-state index in [0.29, 0.717) is 5.92 Å². The highest BCUT2D eigenvalue weighted by atomic mass is 16.5. The molecule has 1 N–H and O–H groups in total. The molecule has 0 saturated heterocycles. The van der Waals surface area contributed by atoms with Gasteiger partial charge in [-0.15, -0.1) is 0 Å². The van der Waals surface area contributed by atoms with Gasteiger partial charge in [0.15, 0.2) is 0 Å². The highest BCUT2D eigenvalue weighted by Crippen LogP contribution is 2.42. The minimum absolute atomic E-state index is 0.180. The van der Waals surface area contributed by atoms with Crippen molar-refractivity contribution >= 4 is 0 Å². The Morgan fingerprint density at radius 2 is 2.21 bits per heavy atom. The molecule has 0 spiro atoms. The third-order valence-corrected chi connectivity index (χ3v) is 4.15. The number of aryl methyl sites for hydroxylation is 1. The van der Waals surface area contributed by atoms with E-state index in [9.17, 15) is 5.11 Å². The average molecular weight is 265 g/mol. The molecule has 0 radical (unpaired) electrons. The summed E-state index contributed by atoms with van der Waals surface area (Å²) in [5, 5.41) is 10.3. The zero-order valence-electron chi connectivity index (χ0n) is 12.9. The normalized spacial score (nSPS) is 23.2. The molecule has 1 aromatic heterocycles. The predicted octanol–water partition coefficient (Wildman–Crippen LogP) is 3.08. The molecule has 108 valence electrons. The molecule has 2 rings (SSSR count). The fourth-order valence-electron chi connectivity index (χ4n) is 3.30. The molecule has 0 bridgehead atoms. The van der Waals surface area contributed by atoms with E-state index in [1.165, 1.54) is 11.4 Å². The van der Waals surface area contributed by atoms with E-state index in [0.717, 1.165) is 31.6 Å². The zero-order valence-corrected chi connectivity index (χ0v) is 12.9. The third kappa shape index (κ3) is 3.03. The van der Waals surface area contributed by atoms with E-state index in [1.54, 1.807) is 7.11 Å². The van der Waals surface area contributed by atoms with Crippen LogP contribution in [0.1, 0.15) is 50.2 Å². The number of fused-ring (bicyclic) bond motifs is 1. The number of nitrogens with zero attached hydrogens (tertiary/aromatic N) is 1. The number of hydrogen-bond donors (Lipinski definition) is 1. The van der Waals surface area contributed by atoms with Gasteiger partial charge < -0.3 is 14.4 Å². The van der Waals surface area contributed by atoms with Gasteiger partial charge in [-0.25, -0.2) is 0 Å². The van der Waals surface area contributed by atoms with Crippen molar-refractivity contribution in [2.75, 3.05) is 13.7 Å². The van der Waals surface area contributed by atoms with Crippen LogP contribution >= 0.6 is 0 Å². The van der Waals surface area contributed by atoms with E-state index >= 15 is 0 Å². The van der Waals surface area contributed by atoms with Crippen LogP contribution in [0.2, 0.25) is 0 Å². The van der Waals surface area contributed by atoms with Crippen LogP contribution in [0.25, 0.3) is 0 Å². The molecule has 3 heteroatoms. The van der Waals surface area contributed by atoms with Crippen LogP contribution in [0.15, 0.2) is 6.07 Å². The standard InChI is InChI=1S/C16H27NO2/c1-11(10-19-5)9-17-12(2)6-13-14(17)7-16(3,4)8-15(13)18/h6,11,15,18H,7-10H2,1-5H3. The van der Waals surface area contributed by atoms with Crippen molar-refractivity contribution in [1.82, 2.24) is 4.57 Å². The van der Waals surface area contributed by atoms with Crippen LogP contribution in [0.5, 0.6) is 0 Å². The van der Waals surface area contributed by atoms with Crippen molar-refractivity contribution in [3.8, 4) is 0 Å². The summed E-state index contributed by atoms with van der Waals surface area (Å²) in [6, 6.07) is 2.16. The average Bonchev–Trinajstić information content (AvgIpc) is 2.56. The van der Waals surface area contributed by atoms with Gasteiger partial charge in [0.25, 0.3) is 0 Å². The second kappa shape index (κ2) is 5.29. The van der Waals surface area contributed by atoms with Crippen LogP contribution < -0.4 is 0 Å². The summed E-state index contributed by atoms with van der Waals surface area (Å²) in [5.41, 5.74) is 3.90. The molecule has 2 unspecified atom stereocenters. The number of aliphatic hydroxyl groups excluding tert-OH is 1. The molecule has 0 saturated carbocycles. The Morgan fingerprint density at radius 1 is 1.53 bits per heavy atom. The monoisotopic (exact) mass is 265 g/mol. The van der Waals surface area contributed by atoms with Crippen LogP contribution in [-0.2, 0) is 17.7 Å². The molecular weight excluding hydrogens is 238 g/mol. The molecule has 1 aliphatic rings. The maximum atomic E-state index is 10.3. The molecule has 1 aromatic rings. The molecule has 0 aromatic carbocycles. The Kier molecular flexibility index (Phi) is 4.07. The quantitative estimate of drug-likeness (QED) is 0.908. The number of hydrogen-bond acceptors (Lipinski definition) is 2. The van der Waals surface area contributed by atoms with Gasteiger partial charge in [0.2, 0.25) is 0 Å². The highest BCUT2D eigenvalue weighted by Gasteiger charge is 2.34. The number of ether oxygens (including phenoxy) is 1. The SMILES string of the molecule is COCC(C)Cn1c(C)cc2c1CC(C)(C)CC2O. The van der Waals surface area contributed by atoms with Gasteiger partial charge in [-0.2, -0.15) is 0 Å². The van der Waals surface area contributed by atoms with E-state index < -0.39 is 0 Å². The maximum Gasteiger partial charge on any atom is 0.0812 e. The third-order valence-electron chi connectivity index (χ3n) is 4.15. The van der Waals surface area contributed by atoms with Crippen LogP contribution in [-0.4, -0.2) is 23.4 Å². The lowest BCUT2D eigenvalue weighted by Gasteiger charge is -2.34. The minimum atomic E-state index is -0.309. The molecule has 3 nitrogen and oxygen atoms in total. The fourth-order valence-corrected chi connectivity index (χ4v) is 3.30. The first-order valence-corrected chi connectivity index (χ1v) is 7.20. The second-order valence-electron chi connectivity index (χ2n) is 6.92. The van der Waals surface area contributed by atoms with Gasteiger partial charge in [0.1, 0.15) is 0 Å². The predicted molar refractivity (Wildman–Crippen MR) is 77.3 cm³/mol. The summed E-state index contributed by atoms with van der Waals surface area (Å²) < 4.78 is 7.61. The van der Waals surface area contributed by atoms with Crippen LogP contribution in [0, 0.1) is 18.3 Å². The van der Waals surface area contributed by atoms with Crippen LogP contribution in [0.4, 0.5) is 0 Å². The molecule has 1 heterocycles. The van der Waals surface area contributed by atoms with Gasteiger partial charge in [0.05, 0.1) is 12.7 Å². The van der Waals surface area contributed by atoms with Crippen molar-refractivity contribution in [3.05, 3.63) is 23.0 Å². The largest absolute Gasteiger partial charge is 0.388 e. The van der Waals surface area contributed by atoms with Crippen molar-refractivity contribution < 1.29 is 9.84 Å². The van der Waals surface area contributed by atoms with Gasteiger partial charge >= 0.3 is 0 Å². The fraction of sp³-hybridized carbons (Fsp3) is 0.750. The van der Waals surface area contributed by atoms with E-state index in [2.05, 4.69) is 38.3 Å². The molecular formula is C16H27NO2. The summed E-state index contributed by atoms with van der Waals surface area (Å²) in [6.07, 6.45) is 1.60. The smallest absolute Gasteiger partial charge is 0.0812 e. The lowest BCUT2D eigenvalue weighted by Crippen LogP contribution is -2.27.